The molecule has 0 radical (unpaired) electrons. The predicted octanol–water partition coefficient (Wildman–Crippen LogP) is 26.7. The number of nitrogens with one attached hydrogen (secondary N) is 4. The van der Waals surface area contributed by atoms with Crippen molar-refractivity contribution in [3.05, 3.63) is 219 Å². The van der Waals surface area contributed by atoms with Crippen molar-refractivity contribution in [1.29, 1.82) is 0 Å². The van der Waals surface area contributed by atoms with E-state index in [0.717, 1.165) is 123 Å². The number of hydrogen-bond donors (Lipinski definition) is 12. The van der Waals surface area contributed by atoms with E-state index in [0.29, 0.717) is 46.8 Å². The van der Waals surface area contributed by atoms with Gasteiger partial charge in [-0.15, -0.1) is 0 Å². The van der Waals surface area contributed by atoms with Gasteiger partial charge in [0.2, 0.25) is 0 Å². The normalized spacial score (nSPS) is 17.0. The van der Waals surface area contributed by atoms with E-state index in [2.05, 4.69) is 149 Å². The second-order valence-electron chi connectivity index (χ2n) is 29.2. The molecule has 5 heterocycles. The van der Waals surface area contributed by atoms with Crippen molar-refractivity contribution in [2.75, 3.05) is 0 Å². The SMILES string of the molecule is CCCCCCCCCCCCC1(c2cc(O)cc(O)c2)c2ccc([nH]2)[C@@](CCCCCCCCCCCC)(c2cc(O)cc(O)c2)c2ccc([nH]2)C(c2cc(O)cc(O)c2)c2ccc([nH]2)[C@@](CCCCCCCCCCCC)(c2cc(O)cc(O)c2)c2ccc1[nH]2.O=P(Cl)(Cl)c1ccccc1.[I][V]([I])[I]. The van der Waals surface area contributed by atoms with Crippen LogP contribution in [0.2, 0.25) is 0 Å². The minimum atomic E-state index is -3.07. The van der Waals surface area contributed by atoms with Crippen molar-refractivity contribution >= 4 is 93.6 Å². The van der Waals surface area contributed by atoms with Crippen molar-refractivity contribution < 1.29 is 50.3 Å². The Morgan fingerprint density at radius 2 is 0.557 bits per heavy atom. The molecule has 12 N–H and O–H groups in total. The van der Waals surface area contributed by atoms with Gasteiger partial charge >= 0.3 is 64.9 Å². The number of rotatable bonds is 38. The molecular weight excluding hydrogens is 1770 g/mol. The van der Waals surface area contributed by atoms with Crippen LogP contribution in [0.5, 0.6) is 46.0 Å². The van der Waals surface area contributed by atoms with E-state index in [1.54, 1.807) is 72.8 Å². The fraction of sp³-hybridized carbons (Fsp3) is 0.465. The van der Waals surface area contributed by atoms with E-state index in [1.807, 2.05) is 6.07 Å². The van der Waals surface area contributed by atoms with E-state index in [9.17, 15) is 45.4 Å². The summed E-state index contributed by atoms with van der Waals surface area (Å²) in [6.07, 6.45) is 35.8. The van der Waals surface area contributed by atoms with Crippen molar-refractivity contribution in [2.24, 2.45) is 0 Å². The number of aromatic amines is 4. The van der Waals surface area contributed by atoms with Crippen LogP contribution in [0.4, 0.5) is 0 Å². The van der Waals surface area contributed by atoms with Gasteiger partial charge in [-0.25, -0.2) is 0 Å². The molecule has 20 heteroatoms. The Morgan fingerprint density at radius 1 is 0.330 bits per heavy atom. The Kier molecular flexibility index (Phi) is 35.8. The predicted molar refractivity (Wildman–Crippen MR) is 460 cm³/mol. The van der Waals surface area contributed by atoms with Crippen LogP contribution in [0.25, 0.3) is 0 Å². The molecule has 5 aromatic carbocycles. The molecule has 10 rings (SSSR count). The van der Waals surface area contributed by atoms with E-state index >= 15 is 0 Å². The van der Waals surface area contributed by atoms with Gasteiger partial charge in [-0.05, 0) is 173 Å². The zero-order valence-electron chi connectivity index (χ0n) is 62.1. The van der Waals surface area contributed by atoms with E-state index in [4.69, 9.17) is 22.5 Å². The molecule has 0 aliphatic carbocycles. The average molecular weight is 1880 g/mol. The summed E-state index contributed by atoms with van der Waals surface area (Å²) in [6, 6.07) is 44.8. The Balaban J connectivity index is 0.000000914. The molecule has 1 aliphatic rings. The number of halogens is 5. The second kappa shape index (κ2) is 43.7. The summed E-state index contributed by atoms with van der Waals surface area (Å²) in [5, 5.41) is 93.0. The number of phenols is 8. The third-order valence-electron chi connectivity index (χ3n) is 21.4. The summed E-state index contributed by atoms with van der Waals surface area (Å²) in [5.74, 6) is -4.35. The van der Waals surface area contributed by atoms with Crippen LogP contribution in [0.3, 0.4) is 0 Å². The first-order valence-corrected chi connectivity index (χ1v) is 55.9. The van der Waals surface area contributed by atoms with Gasteiger partial charge in [0.1, 0.15) is 46.0 Å². The van der Waals surface area contributed by atoms with Gasteiger partial charge in [0, 0.05) is 75.1 Å². The zero-order chi connectivity index (χ0) is 76.1. The van der Waals surface area contributed by atoms with Crippen molar-refractivity contribution in [2.45, 2.75) is 255 Å². The summed E-state index contributed by atoms with van der Waals surface area (Å²) < 4.78 is 10.9. The standard InChI is InChI=1S/C80H108N4O8.C6H5Cl2OP.3HI.V/c1-4-7-10-13-16-19-22-25-28-31-42-78(58-47-63(87)54-64(88)48-58)71-36-34-69(81-71)77(57-45-61(85)53-62(86)46-57)70-35-37-72(82-70)79(59-49-65(89)55-66(90)50-59,43-32-29-26-23-20-17-14-11-8-5-2)74-39-41-76(84-74)80(75-40-38-73(78)83-75,60-51-67(91)56-68(92)52-60)44-33-30-27-24-21-18-15-12-9-6-3;7-10(8,9)6-4-2-1-3-5-6;;;;/h34-41,45-56,77,81-92H,4-33,42-44H2,1-3H3;1-5H;3*1H;/q;;;;;+3/p-3/t77?,78-,79+,80?;;;;;. The maximum absolute atomic E-state index is 11.7. The monoisotopic (exact) mass is 1880 g/mol. The van der Waals surface area contributed by atoms with Crippen LogP contribution in [-0.4, -0.2) is 60.8 Å². The molecule has 4 aromatic heterocycles. The minimum absolute atomic E-state index is 0.0725. The van der Waals surface area contributed by atoms with Gasteiger partial charge in [0.25, 0.3) is 5.85 Å². The molecule has 0 spiro atoms. The summed E-state index contributed by atoms with van der Waals surface area (Å²) in [7, 11) is 0. The molecule has 4 atom stereocenters. The van der Waals surface area contributed by atoms with Crippen LogP contribution in [0, 0.1) is 0 Å². The molecule has 0 fully saturated rings. The van der Waals surface area contributed by atoms with Crippen LogP contribution in [0.15, 0.2) is 152 Å². The van der Waals surface area contributed by atoms with Gasteiger partial charge in [-0.2, -0.15) is 0 Å². The van der Waals surface area contributed by atoms with Gasteiger partial charge in [0.05, 0.1) is 22.2 Å². The number of H-pyrrole nitrogens is 4. The summed E-state index contributed by atoms with van der Waals surface area (Å²) >= 11 is 18.1. The van der Waals surface area contributed by atoms with Crippen molar-refractivity contribution in [3.63, 3.8) is 0 Å². The summed E-state index contributed by atoms with van der Waals surface area (Å²) in [5.41, 5.74) is 5.72. The number of unbranched alkanes of at least 4 members (excludes halogenated alkanes) is 27. The van der Waals surface area contributed by atoms with Gasteiger partial charge in [0.15, 0.2) is 0 Å². The van der Waals surface area contributed by atoms with E-state index in [1.165, 1.54) is 140 Å². The number of hydrogen-bond acceptors (Lipinski definition) is 9. The fourth-order valence-electron chi connectivity index (χ4n) is 16.1. The number of aromatic nitrogens is 4. The molecule has 0 saturated heterocycles. The molecule has 0 saturated carbocycles. The maximum atomic E-state index is 11.7. The number of benzene rings is 5. The summed E-state index contributed by atoms with van der Waals surface area (Å²) in [4.78, 5) is 15.9. The van der Waals surface area contributed by atoms with Crippen molar-refractivity contribution in [3.8, 4) is 46.0 Å². The Morgan fingerprint density at radius 3 is 0.802 bits per heavy atom. The first-order chi connectivity index (χ1) is 51.1. The van der Waals surface area contributed by atoms with Gasteiger partial charge < -0.3 is 60.8 Å². The van der Waals surface area contributed by atoms with E-state index < -0.39 is 28.0 Å². The van der Waals surface area contributed by atoms with Crippen LogP contribution >= 0.6 is 88.3 Å². The molecule has 13 nitrogen and oxygen atoms in total. The third-order valence-corrected chi connectivity index (χ3v) is 23.5. The fourth-order valence-corrected chi connectivity index (χ4v) is 17.3. The third kappa shape index (κ3) is 24.4. The van der Waals surface area contributed by atoms with Crippen molar-refractivity contribution in [1.82, 2.24) is 19.9 Å². The second-order valence-corrected chi connectivity index (χ2v) is 69.3. The molecule has 2 unspecified atom stereocenters. The van der Waals surface area contributed by atoms with Gasteiger partial charge in [-0.1, -0.05) is 232 Å². The quantitative estimate of drug-likeness (QED) is 0.00999. The number of phenolic OH excluding ortho intramolecular Hbond substituents is 8. The molecule has 1 aliphatic heterocycles. The molecule has 576 valence electrons. The molecule has 106 heavy (non-hydrogen) atoms. The molecular formula is C86H113Cl2I3N4O9PV. The number of aromatic hydroxyl groups is 8. The van der Waals surface area contributed by atoms with Crippen LogP contribution in [-0.2, 0) is 25.7 Å². The van der Waals surface area contributed by atoms with E-state index in [-0.39, 0.29) is 50.9 Å². The Hall–Kier alpha value is -4.80. The summed E-state index contributed by atoms with van der Waals surface area (Å²) in [6.45, 7) is 6.75. The molecule has 9 aromatic rings. The Bertz CT molecular complexity index is 3890. The first-order valence-electron chi connectivity index (χ1n) is 38.8. The number of fused-ring (bicyclic) bond motifs is 8. The zero-order valence-corrected chi connectivity index (χ0v) is 72.4. The Labute approximate surface area is 677 Å². The topological polar surface area (TPSA) is 242 Å². The molecule has 0 amide bonds. The van der Waals surface area contributed by atoms with Crippen LogP contribution < -0.4 is 5.30 Å². The average Bonchev–Trinajstić information content (AvgIpc) is 1.53. The first kappa shape index (κ1) is 86.8. The molecule has 8 bridgehead atoms. The van der Waals surface area contributed by atoms with Gasteiger partial charge in [-0.3, -0.25) is 4.57 Å². The van der Waals surface area contributed by atoms with Crippen LogP contribution in [0.1, 0.15) is 306 Å².